The van der Waals surface area contributed by atoms with Crippen LogP contribution in [-0.4, -0.2) is 47.7 Å². The largest absolute Gasteiger partial charge is 0.611 e. The number of ether oxygens (including phenoxy) is 1. The molecule has 0 aromatic carbocycles. The van der Waals surface area contributed by atoms with E-state index in [9.17, 15) is 4.55 Å². The molecule has 0 radical (unpaired) electrons. The molecule has 1 fully saturated rings. The highest BCUT2D eigenvalue weighted by molar-refractivity contribution is 7.94. The van der Waals surface area contributed by atoms with Gasteiger partial charge < -0.3 is 14.6 Å². The summed E-state index contributed by atoms with van der Waals surface area (Å²) < 4.78 is 21.7. The summed E-state index contributed by atoms with van der Waals surface area (Å²) in [5, 5.41) is 13.3. The van der Waals surface area contributed by atoms with E-state index in [2.05, 4.69) is 26.6 Å². The maximum Gasteiger partial charge on any atom is 0.234 e. The summed E-state index contributed by atoms with van der Waals surface area (Å²) in [5.74, 6) is 1.50. The lowest BCUT2D eigenvalue weighted by atomic mass is 10.0. The van der Waals surface area contributed by atoms with E-state index in [1.54, 1.807) is 10.8 Å². The Kier molecular flexibility index (Phi) is 3.79. The molecule has 2 N–H and O–H groups in total. The second kappa shape index (κ2) is 6.59. The van der Waals surface area contributed by atoms with Crippen LogP contribution in [0.4, 0.5) is 5.82 Å². The summed E-state index contributed by atoms with van der Waals surface area (Å²) in [5.41, 5.74) is 3.55. The van der Waals surface area contributed by atoms with E-state index in [4.69, 9.17) is 9.72 Å². The van der Waals surface area contributed by atoms with Gasteiger partial charge in [-0.15, -0.1) is 0 Å². The minimum atomic E-state index is -1.04. The van der Waals surface area contributed by atoms with Crippen LogP contribution in [0.2, 0.25) is 0 Å². The Morgan fingerprint density at radius 1 is 1.29 bits per heavy atom. The molecule has 156 valence electrons. The molecule has 5 aromatic heterocycles. The molecule has 6 heterocycles. The molecule has 0 bridgehead atoms. The van der Waals surface area contributed by atoms with Crippen molar-refractivity contribution in [2.75, 3.05) is 18.5 Å². The van der Waals surface area contributed by atoms with Crippen molar-refractivity contribution < 1.29 is 9.29 Å². The quantitative estimate of drug-likeness (QED) is 0.404. The third kappa shape index (κ3) is 2.61. The van der Waals surface area contributed by atoms with Crippen molar-refractivity contribution in [3.05, 3.63) is 30.6 Å². The molecule has 0 spiro atoms. The van der Waals surface area contributed by atoms with Crippen molar-refractivity contribution in [1.29, 1.82) is 0 Å². The van der Waals surface area contributed by atoms with E-state index in [0.717, 1.165) is 79.5 Å². The molecular weight excluding hydrogens is 432 g/mol. The second-order valence-corrected chi connectivity index (χ2v) is 10.9. The van der Waals surface area contributed by atoms with Gasteiger partial charge in [0.1, 0.15) is 22.2 Å². The second-order valence-electron chi connectivity index (χ2n) is 7.94. The molecule has 8 nitrogen and oxygen atoms in total. The van der Waals surface area contributed by atoms with Crippen LogP contribution < -0.4 is 10.1 Å². The summed E-state index contributed by atoms with van der Waals surface area (Å²) in [6.45, 7) is 1.37. The number of anilines is 1. The molecule has 1 aliphatic heterocycles. The molecule has 1 aliphatic carbocycles. The standard InChI is InChI=1S/C21H18N6O2S2/c28-31(12-2-1-3-12)21-18-17-13(15-4-5-24-27(15)26-18)9-14(25-20(17)30-21)11-8-16-19(23-10-11)22-6-7-29-16/h4-5,8-10,12,26H,1-3,6-7H2,(H,22,23). The van der Waals surface area contributed by atoms with E-state index in [0.29, 0.717) is 6.61 Å². The van der Waals surface area contributed by atoms with Gasteiger partial charge in [0, 0.05) is 28.3 Å². The maximum absolute atomic E-state index is 13.3. The van der Waals surface area contributed by atoms with Crippen LogP contribution in [0.3, 0.4) is 0 Å². The van der Waals surface area contributed by atoms with Gasteiger partial charge in [-0.1, -0.05) is 11.3 Å². The summed E-state index contributed by atoms with van der Waals surface area (Å²) in [7, 11) is 0. The molecule has 10 heteroatoms. The summed E-state index contributed by atoms with van der Waals surface area (Å²) in [6, 6.07) is 6.03. The van der Waals surface area contributed by atoms with Crippen LogP contribution in [0.15, 0.2) is 34.8 Å². The summed E-state index contributed by atoms with van der Waals surface area (Å²) >= 11 is 0.478. The highest BCUT2D eigenvalue weighted by atomic mass is 32.2. The fraction of sp³-hybridized carbons (Fsp3) is 0.286. The zero-order chi connectivity index (χ0) is 20.5. The number of nitrogens with zero attached hydrogens (tertiary/aromatic N) is 4. The van der Waals surface area contributed by atoms with E-state index >= 15 is 0 Å². The normalized spacial score (nSPS) is 17.5. The van der Waals surface area contributed by atoms with Crippen LogP contribution >= 0.6 is 11.3 Å². The number of H-pyrrole nitrogens is 1. The highest BCUT2D eigenvalue weighted by Gasteiger charge is 2.35. The number of thiophene rings is 1. The first-order valence-corrected chi connectivity index (χ1v) is 12.4. The molecule has 1 saturated carbocycles. The first-order valence-electron chi connectivity index (χ1n) is 10.3. The predicted molar refractivity (Wildman–Crippen MR) is 121 cm³/mol. The zero-order valence-corrected chi connectivity index (χ0v) is 18.1. The number of fused-ring (bicyclic) bond motifs is 3. The topological polar surface area (TPSA) is 103 Å². The molecule has 0 amide bonds. The Balaban J connectivity index is 1.48. The van der Waals surface area contributed by atoms with E-state index < -0.39 is 11.2 Å². The molecule has 1 unspecified atom stereocenters. The Morgan fingerprint density at radius 2 is 2.23 bits per heavy atom. The predicted octanol–water partition coefficient (Wildman–Crippen LogP) is 3.95. The van der Waals surface area contributed by atoms with Crippen molar-refractivity contribution in [2.24, 2.45) is 0 Å². The van der Waals surface area contributed by atoms with Gasteiger partial charge in [0.15, 0.2) is 11.6 Å². The third-order valence-corrected chi connectivity index (χ3v) is 9.37. The third-order valence-electron chi connectivity index (χ3n) is 6.10. The van der Waals surface area contributed by atoms with Gasteiger partial charge >= 0.3 is 0 Å². The van der Waals surface area contributed by atoms with E-state index in [1.165, 1.54) is 11.3 Å². The van der Waals surface area contributed by atoms with Crippen LogP contribution in [0, 0.1) is 0 Å². The lowest BCUT2D eigenvalue weighted by molar-refractivity contribution is 0.321. The molecule has 2 aliphatic rings. The Morgan fingerprint density at radius 3 is 3.10 bits per heavy atom. The lowest BCUT2D eigenvalue weighted by Crippen LogP contribution is -2.28. The number of aromatic nitrogens is 5. The van der Waals surface area contributed by atoms with Crippen molar-refractivity contribution in [3.63, 3.8) is 0 Å². The highest BCUT2D eigenvalue weighted by Crippen LogP contribution is 2.43. The molecule has 7 rings (SSSR count). The minimum absolute atomic E-state index is 0.238. The van der Waals surface area contributed by atoms with Crippen LogP contribution in [0.25, 0.3) is 37.9 Å². The van der Waals surface area contributed by atoms with Crippen LogP contribution in [-0.2, 0) is 11.2 Å². The molecule has 31 heavy (non-hydrogen) atoms. The number of aromatic amines is 1. The summed E-state index contributed by atoms with van der Waals surface area (Å²) in [6.07, 6.45) is 6.79. The van der Waals surface area contributed by atoms with E-state index in [-0.39, 0.29) is 5.25 Å². The zero-order valence-electron chi connectivity index (χ0n) is 16.4. The first kappa shape index (κ1) is 17.8. The van der Waals surface area contributed by atoms with Gasteiger partial charge in [-0.25, -0.2) is 9.97 Å². The van der Waals surface area contributed by atoms with Gasteiger partial charge in [0.2, 0.25) is 4.21 Å². The van der Waals surface area contributed by atoms with Crippen molar-refractivity contribution in [2.45, 2.75) is 28.7 Å². The fourth-order valence-electron chi connectivity index (χ4n) is 4.27. The molecular formula is C21H18N6O2S2. The number of nitrogens with one attached hydrogen (secondary N) is 2. The Labute approximate surface area is 183 Å². The summed E-state index contributed by atoms with van der Waals surface area (Å²) in [4.78, 5) is 10.4. The van der Waals surface area contributed by atoms with Crippen molar-refractivity contribution in [1.82, 2.24) is 24.8 Å². The van der Waals surface area contributed by atoms with Gasteiger partial charge in [-0.2, -0.15) is 9.73 Å². The molecule has 0 saturated heterocycles. The minimum Gasteiger partial charge on any atom is -0.611 e. The monoisotopic (exact) mass is 450 g/mol. The van der Waals surface area contributed by atoms with Crippen LogP contribution in [0.1, 0.15) is 19.3 Å². The lowest BCUT2D eigenvalue weighted by Gasteiger charge is -2.26. The van der Waals surface area contributed by atoms with Gasteiger partial charge in [-0.05, 0) is 37.5 Å². The SMILES string of the molecule is [O-][S+](c1sc2nc(-c3cnc4c(c3)OCCN4)cc3c2c1[nH]n1nccc31)C1CCC1. The van der Waals surface area contributed by atoms with Gasteiger partial charge in [0.05, 0.1) is 29.3 Å². The number of rotatable bonds is 3. The van der Waals surface area contributed by atoms with Crippen molar-refractivity contribution in [3.8, 4) is 17.0 Å². The fourth-order valence-corrected chi connectivity index (χ4v) is 7.54. The Hall–Kier alpha value is -2.82. The first-order chi connectivity index (χ1) is 15.3. The smallest absolute Gasteiger partial charge is 0.234 e. The average molecular weight is 451 g/mol. The number of hydrogen-bond acceptors (Lipinski definition) is 7. The molecule has 5 aromatic rings. The molecule has 1 atom stereocenters. The van der Waals surface area contributed by atoms with Gasteiger partial charge in [0.25, 0.3) is 0 Å². The number of hydrogen-bond donors (Lipinski definition) is 2. The maximum atomic E-state index is 13.3. The average Bonchev–Trinajstić information content (AvgIpc) is 3.38. The Bertz CT molecular complexity index is 1470. The van der Waals surface area contributed by atoms with E-state index in [1.807, 2.05) is 18.3 Å². The van der Waals surface area contributed by atoms with Crippen molar-refractivity contribution >= 4 is 55.0 Å². The number of pyridine rings is 2. The van der Waals surface area contributed by atoms with Crippen LogP contribution in [0.5, 0.6) is 5.75 Å². The van der Waals surface area contributed by atoms with Gasteiger partial charge in [-0.3, -0.25) is 5.10 Å².